The van der Waals surface area contributed by atoms with E-state index in [9.17, 15) is 0 Å². The molecule has 0 fully saturated rings. The van der Waals surface area contributed by atoms with Crippen LogP contribution in [-0.4, -0.2) is 22.4 Å². The first-order valence-corrected chi connectivity index (χ1v) is 6.90. The van der Waals surface area contributed by atoms with Gasteiger partial charge in [-0.1, -0.05) is 30.3 Å². The molecular formula is C18H14N4. The number of nitrogens with zero attached hydrogens (tertiary/aromatic N) is 4. The third-order valence-electron chi connectivity index (χ3n) is 2.90. The van der Waals surface area contributed by atoms with Crippen LogP contribution in [0.15, 0.2) is 83.0 Å². The molecular weight excluding hydrogens is 272 g/mol. The van der Waals surface area contributed by atoms with Crippen molar-refractivity contribution in [2.24, 2.45) is 9.98 Å². The monoisotopic (exact) mass is 286 g/mol. The van der Waals surface area contributed by atoms with Crippen molar-refractivity contribution < 1.29 is 0 Å². The van der Waals surface area contributed by atoms with Crippen molar-refractivity contribution in [2.45, 2.75) is 0 Å². The maximum absolute atomic E-state index is 4.34. The molecule has 0 saturated carbocycles. The highest BCUT2D eigenvalue weighted by molar-refractivity contribution is 5.87. The van der Waals surface area contributed by atoms with Crippen LogP contribution >= 0.6 is 0 Å². The average molecular weight is 286 g/mol. The molecule has 0 unspecified atom stereocenters. The molecule has 2 aromatic heterocycles. The van der Waals surface area contributed by atoms with Gasteiger partial charge >= 0.3 is 0 Å². The molecule has 0 aliphatic rings. The third-order valence-corrected chi connectivity index (χ3v) is 2.90. The van der Waals surface area contributed by atoms with Gasteiger partial charge in [0.25, 0.3) is 0 Å². The van der Waals surface area contributed by atoms with Crippen LogP contribution in [0.5, 0.6) is 0 Å². The second-order valence-corrected chi connectivity index (χ2v) is 4.56. The highest BCUT2D eigenvalue weighted by Crippen LogP contribution is 2.08. The second-order valence-electron chi connectivity index (χ2n) is 4.56. The fraction of sp³-hybridized carbons (Fsp3) is 0. The molecule has 106 valence electrons. The Morgan fingerprint density at radius 1 is 0.636 bits per heavy atom. The van der Waals surface area contributed by atoms with Crippen LogP contribution in [-0.2, 0) is 0 Å². The van der Waals surface area contributed by atoms with Gasteiger partial charge in [-0.15, -0.1) is 0 Å². The molecule has 3 aromatic rings. The predicted octanol–water partition coefficient (Wildman–Crippen LogP) is 3.98. The Kier molecular flexibility index (Phi) is 4.42. The normalized spacial score (nSPS) is 11.3. The molecule has 0 bridgehead atoms. The molecule has 2 heterocycles. The molecule has 1 aromatic carbocycles. The van der Waals surface area contributed by atoms with Crippen LogP contribution in [0.3, 0.4) is 0 Å². The lowest BCUT2D eigenvalue weighted by molar-refractivity contribution is 1.28. The van der Waals surface area contributed by atoms with Crippen LogP contribution in [0.2, 0.25) is 0 Å². The summed E-state index contributed by atoms with van der Waals surface area (Å²) in [5.41, 5.74) is 1.99. The Morgan fingerprint density at radius 2 is 1.18 bits per heavy atom. The van der Waals surface area contributed by atoms with Crippen LogP contribution in [0.1, 0.15) is 11.1 Å². The first kappa shape index (κ1) is 13.8. The number of pyridine rings is 2. The largest absolute Gasteiger partial charge is 0.237 e. The second kappa shape index (κ2) is 7.04. The van der Waals surface area contributed by atoms with E-state index >= 15 is 0 Å². The van der Waals surface area contributed by atoms with Gasteiger partial charge in [0.15, 0.2) is 11.6 Å². The highest BCUT2D eigenvalue weighted by atomic mass is 14.9. The maximum atomic E-state index is 4.34. The number of hydrogen-bond acceptors (Lipinski definition) is 4. The topological polar surface area (TPSA) is 50.5 Å². The summed E-state index contributed by atoms with van der Waals surface area (Å²) in [7, 11) is 0. The number of hydrogen-bond donors (Lipinski definition) is 0. The van der Waals surface area contributed by atoms with E-state index in [1.807, 2.05) is 60.7 Å². The molecule has 4 nitrogen and oxygen atoms in total. The zero-order valence-electron chi connectivity index (χ0n) is 11.9. The minimum atomic E-state index is 0.690. The zero-order chi connectivity index (χ0) is 15.0. The van der Waals surface area contributed by atoms with E-state index in [0.29, 0.717) is 11.6 Å². The van der Waals surface area contributed by atoms with E-state index in [1.54, 1.807) is 24.8 Å². The first-order chi connectivity index (χ1) is 10.9. The summed E-state index contributed by atoms with van der Waals surface area (Å²) in [5.74, 6) is 1.38. The van der Waals surface area contributed by atoms with Crippen LogP contribution < -0.4 is 0 Å². The molecule has 0 aliphatic carbocycles. The lowest BCUT2D eigenvalue weighted by Crippen LogP contribution is -1.86. The summed E-state index contributed by atoms with van der Waals surface area (Å²) in [4.78, 5) is 17.0. The fourth-order valence-corrected chi connectivity index (χ4v) is 1.86. The van der Waals surface area contributed by atoms with Gasteiger partial charge in [-0.25, -0.2) is 20.0 Å². The van der Waals surface area contributed by atoms with Gasteiger partial charge < -0.3 is 0 Å². The quantitative estimate of drug-likeness (QED) is 0.681. The minimum absolute atomic E-state index is 0.690. The van der Waals surface area contributed by atoms with E-state index in [1.165, 1.54) is 0 Å². The van der Waals surface area contributed by atoms with E-state index in [4.69, 9.17) is 0 Å². The number of aromatic nitrogens is 2. The minimum Gasteiger partial charge on any atom is -0.237 e. The van der Waals surface area contributed by atoms with Crippen molar-refractivity contribution in [2.75, 3.05) is 0 Å². The Hall–Kier alpha value is -3.14. The van der Waals surface area contributed by atoms with Crippen molar-refractivity contribution in [3.05, 3.63) is 84.2 Å². The highest BCUT2D eigenvalue weighted by Gasteiger charge is 1.93. The molecule has 4 heteroatoms. The Balaban J connectivity index is 1.75. The van der Waals surface area contributed by atoms with Gasteiger partial charge in [0.2, 0.25) is 0 Å². The van der Waals surface area contributed by atoms with Gasteiger partial charge in [0.05, 0.1) is 0 Å². The Bertz CT molecular complexity index is 716. The van der Waals surface area contributed by atoms with Crippen molar-refractivity contribution in [3.8, 4) is 0 Å². The van der Waals surface area contributed by atoms with Crippen LogP contribution in [0.25, 0.3) is 0 Å². The van der Waals surface area contributed by atoms with Crippen molar-refractivity contribution in [3.63, 3.8) is 0 Å². The van der Waals surface area contributed by atoms with Crippen molar-refractivity contribution in [1.29, 1.82) is 0 Å². The van der Waals surface area contributed by atoms with E-state index in [2.05, 4.69) is 20.0 Å². The molecule has 0 saturated heterocycles. The lowest BCUT2D eigenvalue weighted by Gasteiger charge is -1.97. The van der Waals surface area contributed by atoms with Gasteiger partial charge in [-0.3, -0.25) is 0 Å². The van der Waals surface area contributed by atoms with Crippen LogP contribution in [0.4, 0.5) is 11.6 Å². The molecule has 0 amide bonds. The molecule has 0 radical (unpaired) electrons. The maximum Gasteiger partial charge on any atom is 0.151 e. The average Bonchev–Trinajstić information content (AvgIpc) is 2.60. The zero-order valence-corrected chi connectivity index (χ0v) is 11.9. The van der Waals surface area contributed by atoms with Crippen molar-refractivity contribution >= 4 is 24.1 Å². The third kappa shape index (κ3) is 3.93. The number of aliphatic imine (C=N–C) groups is 2. The summed E-state index contributed by atoms with van der Waals surface area (Å²) in [6.45, 7) is 0. The van der Waals surface area contributed by atoms with Gasteiger partial charge in [-0.2, -0.15) is 0 Å². The fourth-order valence-electron chi connectivity index (χ4n) is 1.86. The summed E-state index contributed by atoms with van der Waals surface area (Å²) in [5, 5.41) is 0. The summed E-state index contributed by atoms with van der Waals surface area (Å²) in [6.07, 6.45) is 7.03. The summed E-state index contributed by atoms with van der Waals surface area (Å²) < 4.78 is 0. The first-order valence-electron chi connectivity index (χ1n) is 6.90. The predicted molar refractivity (Wildman–Crippen MR) is 89.4 cm³/mol. The van der Waals surface area contributed by atoms with E-state index in [0.717, 1.165) is 11.1 Å². The van der Waals surface area contributed by atoms with Crippen LogP contribution in [0, 0.1) is 0 Å². The summed E-state index contributed by atoms with van der Waals surface area (Å²) in [6, 6.07) is 19.3. The SMILES string of the molecule is C(=Nc1ccccn1)c1cccc(C=Nc2ccccn2)c1. The molecule has 3 rings (SSSR count). The van der Waals surface area contributed by atoms with E-state index < -0.39 is 0 Å². The van der Waals surface area contributed by atoms with Gasteiger partial charge in [-0.05, 0) is 41.5 Å². The lowest BCUT2D eigenvalue weighted by atomic mass is 10.1. The van der Waals surface area contributed by atoms with Gasteiger partial charge in [0.1, 0.15) is 0 Å². The number of benzene rings is 1. The molecule has 0 atom stereocenters. The Labute approximate surface area is 129 Å². The molecule has 0 aliphatic heterocycles. The smallest absolute Gasteiger partial charge is 0.151 e. The number of rotatable bonds is 4. The molecule has 0 spiro atoms. The van der Waals surface area contributed by atoms with Gasteiger partial charge in [0, 0.05) is 24.8 Å². The van der Waals surface area contributed by atoms with E-state index in [-0.39, 0.29) is 0 Å². The molecule has 22 heavy (non-hydrogen) atoms. The summed E-state index contributed by atoms with van der Waals surface area (Å²) >= 11 is 0. The molecule has 0 N–H and O–H groups in total. The Morgan fingerprint density at radius 3 is 1.64 bits per heavy atom. The standard InChI is InChI=1S/C18H14N4/c1-3-10-19-17(8-1)21-13-15-6-5-7-16(12-15)14-22-18-9-2-4-11-20-18/h1-14H. The van der Waals surface area contributed by atoms with Crippen molar-refractivity contribution in [1.82, 2.24) is 9.97 Å².